The van der Waals surface area contributed by atoms with Crippen molar-refractivity contribution in [3.63, 3.8) is 0 Å². The summed E-state index contributed by atoms with van der Waals surface area (Å²) in [6, 6.07) is 1.13. The lowest BCUT2D eigenvalue weighted by Crippen LogP contribution is -2.46. The fraction of sp³-hybridized carbons (Fsp3) is 0.867. The average Bonchev–Trinajstić information content (AvgIpc) is 3.19. The van der Waals surface area contributed by atoms with Crippen LogP contribution < -0.4 is 5.69 Å². The lowest BCUT2D eigenvalue weighted by atomic mass is 10.1. The van der Waals surface area contributed by atoms with E-state index in [-0.39, 0.29) is 5.69 Å². The number of nitrogens with zero attached hydrogens (tertiary/aromatic N) is 4. The van der Waals surface area contributed by atoms with Gasteiger partial charge in [0, 0.05) is 39.3 Å². The Morgan fingerprint density at radius 2 is 2.23 bits per heavy atom. The molecular weight excluding hydrogens is 282 g/mol. The van der Waals surface area contributed by atoms with Gasteiger partial charge in [0.25, 0.3) is 0 Å². The van der Waals surface area contributed by atoms with Gasteiger partial charge in [-0.25, -0.2) is 9.48 Å². The molecule has 1 aliphatic heterocycles. The van der Waals surface area contributed by atoms with E-state index in [1.165, 1.54) is 23.9 Å². The zero-order chi connectivity index (χ0) is 15.7. The van der Waals surface area contributed by atoms with Crippen molar-refractivity contribution in [3.8, 4) is 0 Å². The fourth-order valence-electron chi connectivity index (χ4n) is 3.99. The Kier molecular flexibility index (Phi) is 4.65. The lowest BCUT2D eigenvalue weighted by Gasteiger charge is -2.34. The summed E-state index contributed by atoms with van der Waals surface area (Å²) >= 11 is 0. The van der Waals surface area contributed by atoms with Gasteiger partial charge >= 0.3 is 5.69 Å². The highest BCUT2D eigenvalue weighted by Gasteiger charge is 2.38. The molecule has 3 rings (SSSR count). The topological polar surface area (TPSA) is 66.4 Å². The SMILES string of the molecule is COC1CCN([C@H]2CCC[C@H]2N(C)Cc2nn(C)c(=O)[nH]2)C1. The number of rotatable bonds is 5. The number of nitrogens with one attached hydrogen (secondary N) is 1. The molecular formula is C15H27N5O2. The van der Waals surface area contributed by atoms with Crippen molar-refractivity contribution in [2.75, 3.05) is 27.2 Å². The van der Waals surface area contributed by atoms with E-state index in [4.69, 9.17) is 4.74 Å². The third-order valence-corrected chi connectivity index (χ3v) is 5.20. The third kappa shape index (κ3) is 3.11. The first-order valence-corrected chi connectivity index (χ1v) is 8.17. The Balaban J connectivity index is 1.63. The summed E-state index contributed by atoms with van der Waals surface area (Å²) < 4.78 is 6.86. The molecule has 2 fully saturated rings. The van der Waals surface area contributed by atoms with Gasteiger partial charge in [-0.15, -0.1) is 0 Å². The highest BCUT2D eigenvalue weighted by Crippen LogP contribution is 2.31. The predicted molar refractivity (Wildman–Crippen MR) is 83.7 cm³/mol. The Bertz CT molecular complexity index is 554. The van der Waals surface area contributed by atoms with E-state index in [0.29, 0.717) is 24.7 Å². The smallest absolute Gasteiger partial charge is 0.343 e. The molecule has 0 amide bonds. The summed E-state index contributed by atoms with van der Waals surface area (Å²) in [4.78, 5) is 19.2. The van der Waals surface area contributed by atoms with Crippen molar-refractivity contribution in [1.29, 1.82) is 0 Å². The van der Waals surface area contributed by atoms with Crippen LogP contribution in [0.1, 0.15) is 31.5 Å². The number of methoxy groups -OCH3 is 1. The molecule has 124 valence electrons. The van der Waals surface area contributed by atoms with E-state index < -0.39 is 0 Å². The number of aryl methyl sites for hydroxylation is 1. The molecule has 3 atom stereocenters. The highest BCUT2D eigenvalue weighted by molar-refractivity contribution is 4.95. The minimum atomic E-state index is -0.145. The number of aromatic amines is 1. The van der Waals surface area contributed by atoms with Crippen LogP contribution in [0.15, 0.2) is 4.79 Å². The minimum absolute atomic E-state index is 0.145. The zero-order valence-corrected chi connectivity index (χ0v) is 13.8. The van der Waals surface area contributed by atoms with E-state index in [0.717, 1.165) is 25.3 Å². The van der Waals surface area contributed by atoms with Gasteiger partial charge in [0.05, 0.1) is 12.6 Å². The lowest BCUT2D eigenvalue weighted by molar-refractivity contribution is 0.0835. The molecule has 1 aliphatic carbocycles. The van der Waals surface area contributed by atoms with Crippen LogP contribution in [0.25, 0.3) is 0 Å². The van der Waals surface area contributed by atoms with Gasteiger partial charge in [-0.1, -0.05) is 6.42 Å². The molecule has 1 saturated heterocycles. The molecule has 2 aliphatic rings. The summed E-state index contributed by atoms with van der Waals surface area (Å²) in [5.74, 6) is 0.747. The van der Waals surface area contributed by atoms with Crippen LogP contribution in [0, 0.1) is 0 Å². The van der Waals surface area contributed by atoms with Gasteiger partial charge < -0.3 is 4.74 Å². The number of ether oxygens (including phenoxy) is 1. The maximum absolute atomic E-state index is 11.5. The zero-order valence-electron chi connectivity index (χ0n) is 13.8. The van der Waals surface area contributed by atoms with Crippen LogP contribution in [0.3, 0.4) is 0 Å². The van der Waals surface area contributed by atoms with Crippen molar-refractivity contribution < 1.29 is 4.74 Å². The molecule has 0 bridgehead atoms. The minimum Gasteiger partial charge on any atom is -0.380 e. The molecule has 22 heavy (non-hydrogen) atoms. The predicted octanol–water partition coefficient (Wildman–Crippen LogP) is 0.182. The molecule has 7 heteroatoms. The molecule has 0 spiro atoms. The van der Waals surface area contributed by atoms with Crippen LogP contribution in [0.4, 0.5) is 0 Å². The van der Waals surface area contributed by atoms with Crippen LogP contribution in [0.5, 0.6) is 0 Å². The Hall–Kier alpha value is -1.18. The van der Waals surface area contributed by atoms with Crippen molar-refractivity contribution in [2.24, 2.45) is 7.05 Å². The van der Waals surface area contributed by atoms with Crippen LogP contribution >= 0.6 is 0 Å². The molecule has 1 N–H and O–H groups in total. The first kappa shape index (κ1) is 15.7. The monoisotopic (exact) mass is 309 g/mol. The summed E-state index contributed by atoms with van der Waals surface area (Å²) in [5, 5.41) is 4.24. The summed E-state index contributed by atoms with van der Waals surface area (Å²) in [6.45, 7) is 2.87. The number of likely N-dealkylation sites (N-methyl/N-ethyl adjacent to an activating group) is 1. The van der Waals surface area contributed by atoms with E-state index >= 15 is 0 Å². The van der Waals surface area contributed by atoms with Gasteiger partial charge in [-0.05, 0) is 26.3 Å². The van der Waals surface area contributed by atoms with E-state index in [1.54, 1.807) is 7.05 Å². The second-order valence-corrected chi connectivity index (χ2v) is 6.62. The normalized spacial score (nSPS) is 29.7. The molecule has 1 saturated carbocycles. The second-order valence-electron chi connectivity index (χ2n) is 6.62. The fourth-order valence-corrected chi connectivity index (χ4v) is 3.99. The van der Waals surface area contributed by atoms with Crippen LogP contribution in [-0.2, 0) is 18.3 Å². The number of hydrogen-bond donors (Lipinski definition) is 1. The second kappa shape index (κ2) is 6.52. The van der Waals surface area contributed by atoms with Gasteiger partial charge in [0.2, 0.25) is 0 Å². The number of H-pyrrole nitrogens is 1. The largest absolute Gasteiger partial charge is 0.380 e. The Morgan fingerprint density at radius 1 is 1.41 bits per heavy atom. The van der Waals surface area contributed by atoms with Crippen LogP contribution in [-0.4, -0.2) is 70.0 Å². The van der Waals surface area contributed by atoms with Gasteiger partial charge in [-0.2, -0.15) is 5.10 Å². The van der Waals surface area contributed by atoms with E-state index in [1.807, 2.05) is 7.11 Å². The maximum atomic E-state index is 11.5. The Labute approximate surface area is 131 Å². The van der Waals surface area contributed by atoms with Gasteiger partial charge in [0.15, 0.2) is 0 Å². The number of aromatic nitrogens is 3. The summed E-state index contributed by atoms with van der Waals surface area (Å²) in [6.07, 6.45) is 5.26. The summed E-state index contributed by atoms with van der Waals surface area (Å²) in [7, 11) is 5.62. The number of hydrogen-bond acceptors (Lipinski definition) is 5. The van der Waals surface area contributed by atoms with Crippen molar-refractivity contribution in [2.45, 2.75) is 50.4 Å². The maximum Gasteiger partial charge on any atom is 0.343 e. The number of likely N-dealkylation sites (tertiary alicyclic amines) is 1. The summed E-state index contributed by atoms with van der Waals surface area (Å²) in [5.41, 5.74) is -0.145. The third-order valence-electron chi connectivity index (χ3n) is 5.20. The van der Waals surface area contributed by atoms with E-state index in [9.17, 15) is 4.79 Å². The van der Waals surface area contributed by atoms with Gasteiger partial charge in [0.1, 0.15) is 5.82 Å². The highest BCUT2D eigenvalue weighted by atomic mass is 16.5. The van der Waals surface area contributed by atoms with Crippen molar-refractivity contribution in [1.82, 2.24) is 24.6 Å². The molecule has 0 radical (unpaired) electrons. The standard InChI is InChI=1S/C15H27N5O2/c1-18(10-14-16-15(21)19(2)17-14)12-5-4-6-13(12)20-8-7-11(9-20)22-3/h11-13H,4-10H2,1-3H3,(H,16,17,21)/t11?,12-,13+/m1/s1. The Morgan fingerprint density at radius 3 is 2.86 bits per heavy atom. The molecule has 2 heterocycles. The first-order chi connectivity index (χ1) is 10.6. The molecule has 1 unspecified atom stereocenters. The molecule has 7 nitrogen and oxygen atoms in total. The van der Waals surface area contributed by atoms with E-state index in [2.05, 4.69) is 26.9 Å². The molecule has 1 aromatic rings. The quantitative estimate of drug-likeness (QED) is 0.840. The average molecular weight is 309 g/mol. The van der Waals surface area contributed by atoms with Crippen LogP contribution in [0.2, 0.25) is 0 Å². The molecule has 0 aromatic carbocycles. The van der Waals surface area contributed by atoms with Crippen molar-refractivity contribution >= 4 is 0 Å². The molecule has 1 aromatic heterocycles. The van der Waals surface area contributed by atoms with Gasteiger partial charge in [-0.3, -0.25) is 14.8 Å². The first-order valence-electron chi connectivity index (χ1n) is 8.17. The van der Waals surface area contributed by atoms with Crippen molar-refractivity contribution in [3.05, 3.63) is 16.3 Å².